The van der Waals surface area contributed by atoms with Crippen LogP contribution in [0.1, 0.15) is 12.6 Å². The van der Waals surface area contributed by atoms with E-state index < -0.39 is 0 Å². The molecule has 0 aliphatic rings. The van der Waals surface area contributed by atoms with E-state index in [2.05, 4.69) is 14.5 Å². The highest BCUT2D eigenvalue weighted by Crippen LogP contribution is 2.20. The lowest BCUT2D eigenvalue weighted by Gasteiger charge is -2.22. The van der Waals surface area contributed by atoms with Crippen LogP contribution in [0.25, 0.3) is 0 Å². The van der Waals surface area contributed by atoms with E-state index >= 15 is 0 Å². The minimum absolute atomic E-state index is 0.236. The average Bonchev–Trinajstić information content (AvgIpc) is 2.73. The van der Waals surface area contributed by atoms with Crippen LogP contribution in [-0.2, 0) is 6.54 Å². The number of hydrogen-bond acceptors (Lipinski definition) is 5. The number of hydrogen-bond donors (Lipinski definition) is 1. The first-order chi connectivity index (χ1) is 8.20. The van der Waals surface area contributed by atoms with E-state index in [4.69, 9.17) is 5.73 Å². The molecule has 4 nitrogen and oxygen atoms in total. The fourth-order valence-corrected chi connectivity index (χ4v) is 1.98. The van der Waals surface area contributed by atoms with Crippen LogP contribution in [0, 0.1) is 5.82 Å². The van der Waals surface area contributed by atoms with Crippen molar-refractivity contribution in [1.29, 1.82) is 0 Å². The molecule has 1 heterocycles. The average molecular weight is 252 g/mol. The highest BCUT2D eigenvalue weighted by molar-refractivity contribution is 7.09. The van der Waals surface area contributed by atoms with E-state index in [-0.39, 0.29) is 5.82 Å². The maximum atomic E-state index is 12.8. The fourth-order valence-electron chi connectivity index (χ4n) is 1.54. The summed E-state index contributed by atoms with van der Waals surface area (Å²) in [5.74, 6) is -0.236. The zero-order chi connectivity index (χ0) is 12.3. The van der Waals surface area contributed by atoms with Crippen LogP contribution in [0.3, 0.4) is 0 Å². The molecule has 0 amide bonds. The Bertz CT molecular complexity index is 482. The predicted molar refractivity (Wildman–Crippen MR) is 67.4 cm³/mol. The van der Waals surface area contributed by atoms with Gasteiger partial charge in [0.15, 0.2) is 0 Å². The second kappa shape index (κ2) is 5.09. The maximum Gasteiger partial charge on any atom is 0.132 e. The van der Waals surface area contributed by atoms with Gasteiger partial charge in [-0.3, -0.25) is 0 Å². The summed E-state index contributed by atoms with van der Waals surface area (Å²) >= 11 is 1.18. The molecule has 0 aliphatic carbocycles. The van der Waals surface area contributed by atoms with Crippen molar-refractivity contribution in [2.24, 2.45) is 0 Å². The van der Waals surface area contributed by atoms with Gasteiger partial charge in [-0.15, -0.1) is 5.10 Å². The Labute approximate surface area is 103 Å². The van der Waals surface area contributed by atoms with Gasteiger partial charge >= 0.3 is 0 Å². The van der Waals surface area contributed by atoms with Gasteiger partial charge in [-0.25, -0.2) is 4.39 Å². The standard InChI is InChI=1S/C11H13FN4S/c1-2-16(7-10-11(13)17-15-14-10)9-5-3-8(12)4-6-9/h3-6H,2,7,13H2,1H3. The van der Waals surface area contributed by atoms with Gasteiger partial charge < -0.3 is 10.6 Å². The number of nitrogens with two attached hydrogens (primary N) is 1. The summed E-state index contributed by atoms with van der Waals surface area (Å²) in [5.41, 5.74) is 7.46. The van der Waals surface area contributed by atoms with E-state index in [0.717, 1.165) is 17.9 Å². The van der Waals surface area contributed by atoms with Crippen molar-refractivity contribution in [2.75, 3.05) is 17.2 Å². The number of benzene rings is 1. The quantitative estimate of drug-likeness (QED) is 0.907. The maximum absolute atomic E-state index is 12.8. The molecule has 0 spiro atoms. The molecule has 1 aromatic carbocycles. The number of aromatic nitrogens is 2. The Hall–Kier alpha value is -1.69. The van der Waals surface area contributed by atoms with Crippen LogP contribution in [0.15, 0.2) is 24.3 Å². The summed E-state index contributed by atoms with van der Waals surface area (Å²) in [6, 6.07) is 6.38. The first kappa shape index (κ1) is 11.8. The van der Waals surface area contributed by atoms with E-state index in [0.29, 0.717) is 11.5 Å². The third-order valence-corrected chi connectivity index (χ3v) is 3.09. The lowest BCUT2D eigenvalue weighted by Crippen LogP contribution is -2.22. The molecule has 0 unspecified atom stereocenters. The van der Waals surface area contributed by atoms with Crippen LogP contribution < -0.4 is 10.6 Å². The molecule has 0 atom stereocenters. The van der Waals surface area contributed by atoms with Crippen LogP contribution in [0.2, 0.25) is 0 Å². The lowest BCUT2D eigenvalue weighted by atomic mass is 10.2. The monoisotopic (exact) mass is 252 g/mol. The molecule has 2 N–H and O–H groups in total. The Morgan fingerprint density at radius 3 is 2.59 bits per heavy atom. The number of anilines is 2. The molecule has 17 heavy (non-hydrogen) atoms. The van der Waals surface area contributed by atoms with Crippen molar-refractivity contribution in [3.05, 3.63) is 35.8 Å². The van der Waals surface area contributed by atoms with Crippen LogP contribution in [0.4, 0.5) is 15.1 Å². The molecule has 0 aliphatic heterocycles. The van der Waals surface area contributed by atoms with Crippen molar-refractivity contribution in [1.82, 2.24) is 9.59 Å². The zero-order valence-electron chi connectivity index (χ0n) is 9.43. The van der Waals surface area contributed by atoms with Gasteiger partial charge in [-0.2, -0.15) is 0 Å². The zero-order valence-corrected chi connectivity index (χ0v) is 10.2. The molecule has 0 saturated carbocycles. The molecule has 0 bridgehead atoms. The van der Waals surface area contributed by atoms with Gasteiger partial charge in [0.2, 0.25) is 0 Å². The number of rotatable bonds is 4. The summed E-state index contributed by atoms with van der Waals surface area (Å²) in [7, 11) is 0. The fraction of sp³-hybridized carbons (Fsp3) is 0.273. The predicted octanol–water partition coefficient (Wildman–Crippen LogP) is 2.29. The van der Waals surface area contributed by atoms with Crippen molar-refractivity contribution in [3.8, 4) is 0 Å². The Balaban J connectivity index is 2.17. The van der Waals surface area contributed by atoms with E-state index in [1.54, 1.807) is 12.1 Å². The summed E-state index contributed by atoms with van der Waals surface area (Å²) in [5, 5.41) is 4.60. The molecule has 0 saturated heterocycles. The van der Waals surface area contributed by atoms with Gasteiger partial charge in [0.05, 0.1) is 6.54 Å². The molecule has 0 radical (unpaired) electrons. The minimum atomic E-state index is -0.236. The molecule has 6 heteroatoms. The van der Waals surface area contributed by atoms with E-state index in [9.17, 15) is 4.39 Å². The molecule has 2 aromatic rings. The highest BCUT2D eigenvalue weighted by atomic mass is 32.1. The number of nitrogens with zero attached hydrogens (tertiary/aromatic N) is 3. The topological polar surface area (TPSA) is 55.0 Å². The smallest absolute Gasteiger partial charge is 0.132 e. The van der Waals surface area contributed by atoms with Crippen LogP contribution in [0.5, 0.6) is 0 Å². The largest absolute Gasteiger partial charge is 0.388 e. The third kappa shape index (κ3) is 2.71. The molecular formula is C11H13FN4S. The Morgan fingerprint density at radius 2 is 2.06 bits per heavy atom. The molecule has 1 aromatic heterocycles. The molecule has 0 fully saturated rings. The second-order valence-electron chi connectivity index (χ2n) is 3.57. The van der Waals surface area contributed by atoms with Gasteiger partial charge in [-0.1, -0.05) is 4.49 Å². The van der Waals surface area contributed by atoms with Crippen molar-refractivity contribution in [2.45, 2.75) is 13.5 Å². The summed E-state index contributed by atoms with van der Waals surface area (Å²) < 4.78 is 16.6. The summed E-state index contributed by atoms with van der Waals surface area (Å²) in [6.45, 7) is 3.41. The van der Waals surface area contributed by atoms with Gasteiger partial charge in [0.1, 0.15) is 16.5 Å². The number of halogens is 1. The highest BCUT2D eigenvalue weighted by Gasteiger charge is 2.10. The van der Waals surface area contributed by atoms with Crippen molar-refractivity contribution < 1.29 is 4.39 Å². The van der Waals surface area contributed by atoms with Gasteiger partial charge in [-0.05, 0) is 31.2 Å². The van der Waals surface area contributed by atoms with Crippen molar-refractivity contribution in [3.63, 3.8) is 0 Å². The minimum Gasteiger partial charge on any atom is -0.388 e. The van der Waals surface area contributed by atoms with Crippen molar-refractivity contribution >= 4 is 22.2 Å². The SMILES string of the molecule is CCN(Cc1nnsc1N)c1ccc(F)cc1. The summed E-state index contributed by atoms with van der Waals surface area (Å²) in [4.78, 5) is 2.06. The Kier molecular flexibility index (Phi) is 3.53. The van der Waals surface area contributed by atoms with E-state index in [1.165, 1.54) is 23.7 Å². The van der Waals surface area contributed by atoms with Crippen LogP contribution in [-0.4, -0.2) is 16.1 Å². The summed E-state index contributed by atoms with van der Waals surface area (Å²) in [6.07, 6.45) is 0. The van der Waals surface area contributed by atoms with Crippen LogP contribution >= 0.6 is 11.5 Å². The second-order valence-corrected chi connectivity index (χ2v) is 4.36. The first-order valence-electron chi connectivity index (χ1n) is 5.28. The van der Waals surface area contributed by atoms with Gasteiger partial charge in [0.25, 0.3) is 0 Å². The molecule has 90 valence electrons. The molecule has 2 rings (SSSR count). The first-order valence-corrected chi connectivity index (χ1v) is 6.05. The third-order valence-electron chi connectivity index (χ3n) is 2.50. The van der Waals surface area contributed by atoms with Gasteiger partial charge in [0, 0.05) is 23.8 Å². The molecular weight excluding hydrogens is 239 g/mol. The number of nitrogen functional groups attached to an aromatic ring is 1. The Morgan fingerprint density at radius 1 is 1.35 bits per heavy atom. The van der Waals surface area contributed by atoms with E-state index in [1.807, 2.05) is 6.92 Å². The lowest BCUT2D eigenvalue weighted by molar-refractivity contribution is 0.627. The normalized spacial score (nSPS) is 10.5.